The van der Waals surface area contributed by atoms with Crippen LogP contribution in [0.15, 0.2) is 30.3 Å². The van der Waals surface area contributed by atoms with Gasteiger partial charge in [-0.1, -0.05) is 62.2 Å². The van der Waals surface area contributed by atoms with Gasteiger partial charge in [0.05, 0.1) is 19.8 Å². The molecule has 0 aliphatic carbocycles. The van der Waals surface area contributed by atoms with E-state index in [0.717, 1.165) is 5.56 Å². The summed E-state index contributed by atoms with van der Waals surface area (Å²) in [6, 6.07) is 9.52. The topological polar surface area (TPSA) is 44.8 Å². The Kier molecular flexibility index (Phi) is 5.64. The summed E-state index contributed by atoms with van der Waals surface area (Å²) in [6.45, 7) is 0.902. The van der Waals surface area contributed by atoms with Crippen molar-refractivity contribution >= 4 is 39.7 Å². The van der Waals surface area contributed by atoms with Gasteiger partial charge in [0.25, 0.3) is 0 Å². The summed E-state index contributed by atoms with van der Waals surface area (Å²) in [6.07, 6.45) is 0. The molecule has 2 rings (SSSR count). The fourth-order valence-corrected chi connectivity index (χ4v) is 4.47. The first kappa shape index (κ1) is 15.7. The highest BCUT2D eigenvalue weighted by atomic mass is 79.9. The molecule has 0 amide bonds. The minimum Gasteiger partial charge on any atom is -0.286 e. The van der Waals surface area contributed by atoms with Gasteiger partial charge in [-0.2, -0.15) is 0 Å². The van der Waals surface area contributed by atoms with Crippen LogP contribution in [-0.2, 0) is 24.7 Å². The van der Waals surface area contributed by atoms with Gasteiger partial charge in [0, 0.05) is 16.1 Å². The third kappa shape index (κ3) is 4.13. The molecule has 0 saturated carbocycles. The van der Waals surface area contributed by atoms with E-state index in [0.29, 0.717) is 23.9 Å². The van der Waals surface area contributed by atoms with Crippen molar-refractivity contribution in [2.75, 3.05) is 23.9 Å². The summed E-state index contributed by atoms with van der Waals surface area (Å²) in [4.78, 5) is 0. The molecule has 1 aliphatic rings. The monoisotopic (exact) mass is 412 g/mol. The van der Waals surface area contributed by atoms with Crippen molar-refractivity contribution in [2.24, 2.45) is 5.41 Å². The maximum Gasteiger partial charge on any atom is 0.475 e. The normalized spacial score (nSPS) is 21.2. The minimum absolute atomic E-state index is 0.190. The Morgan fingerprint density at radius 2 is 1.74 bits per heavy atom. The Morgan fingerprint density at radius 3 is 2.26 bits per heavy atom. The first-order valence-corrected chi connectivity index (χ1v) is 9.51. The summed E-state index contributed by atoms with van der Waals surface area (Å²) in [7, 11) is -3.43. The number of alkyl halides is 2. The predicted octanol–water partition coefficient (Wildman–Crippen LogP) is 4.13. The smallest absolute Gasteiger partial charge is 0.286 e. The van der Waals surface area contributed by atoms with Crippen LogP contribution in [0.3, 0.4) is 0 Å². The molecule has 1 fully saturated rings. The summed E-state index contributed by atoms with van der Waals surface area (Å²) >= 11 is 6.84. The molecule has 0 unspecified atom stereocenters. The number of phosphoric acid groups is 1. The second-order valence-corrected chi connectivity index (χ2v) is 7.31. The van der Waals surface area contributed by atoms with Crippen molar-refractivity contribution in [1.82, 2.24) is 0 Å². The Hall–Kier alpha value is 0.290. The molecule has 1 aromatic rings. The number of phosphoric ester groups is 1. The summed E-state index contributed by atoms with van der Waals surface area (Å²) in [5, 5.41) is 1.42. The molecular weight excluding hydrogens is 399 g/mol. The quantitative estimate of drug-likeness (QED) is 0.537. The van der Waals surface area contributed by atoms with E-state index in [9.17, 15) is 4.57 Å². The zero-order valence-corrected chi connectivity index (χ0v) is 14.3. The van der Waals surface area contributed by atoms with Gasteiger partial charge in [0.15, 0.2) is 0 Å². The molecule has 4 nitrogen and oxygen atoms in total. The summed E-state index contributed by atoms with van der Waals surface area (Å²) in [5.41, 5.74) is 0.743. The summed E-state index contributed by atoms with van der Waals surface area (Å²) in [5.74, 6) is 0. The molecule has 1 aromatic carbocycles. The lowest BCUT2D eigenvalue weighted by molar-refractivity contribution is 0.00468. The third-order valence-electron chi connectivity index (χ3n) is 2.86. The van der Waals surface area contributed by atoms with Gasteiger partial charge in [0.1, 0.15) is 0 Å². The second kappa shape index (κ2) is 6.83. The average Bonchev–Trinajstić information content (AvgIpc) is 2.48. The van der Waals surface area contributed by atoms with Crippen molar-refractivity contribution in [3.63, 3.8) is 0 Å². The fourth-order valence-electron chi connectivity index (χ4n) is 1.50. The molecule has 0 radical (unpaired) electrons. The van der Waals surface area contributed by atoms with E-state index < -0.39 is 7.82 Å². The highest BCUT2D eigenvalue weighted by Gasteiger charge is 2.42. The first-order valence-electron chi connectivity index (χ1n) is 5.81. The van der Waals surface area contributed by atoms with Gasteiger partial charge >= 0.3 is 7.82 Å². The molecule has 0 N–H and O–H groups in total. The van der Waals surface area contributed by atoms with Crippen LogP contribution in [0, 0.1) is 5.41 Å². The van der Waals surface area contributed by atoms with Crippen LogP contribution >= 0.6 is 39.7 Å². The Morgan fingerprint density at radius 1 is 1.16 bits per heavy atom. The van der Waals surface area contributed by atoms with Crippen LogP contribution in [0.5, 0.6) is 0 Å². The average molecular weight is 414 g/mol. The van der Waals surface area contributed by atoms with Gasteiger partial charge in [0.2, 0.25) is 0 Å². The largest absolute Gasteiger partial charge is 0.475 e. The predicted molar refractivity (Wildman–Crippen MR) is 80.8 cm³/mol. The number of rotatable bonds is 5. The van der Waals surface area contributed by atoms with Crippen molar-refractivity contribution in [2.45, 2.75) is 6.61 Å². The first-order chi connectivity index (χ1) is 9.11. The van der Waals surface area contributed by atoms with E-state index in [1.54, 1.807) is 0 Å². The molecular formula is C12H15Br2O4P. The fraction of sp³-hybridized carbons (Fsp3) is 0.500. The molecule has 0 spiro atoms. The molecule has 0 bridgehead atoms. The molecule has 19 heavy (non-hydrogen) atoms. The van der Waals surface area contributed by atoms with Crippen LogP contribution in [0.1, 0.15) is 5.56 Å². The Balaban J connectivity index is 1.90. The standard InChI is InChI=1S/C12H15Br2O4P/c13-7-12(8-14)9-17-19(15,18-10-12)16-6-11-4-2-1-3-5-11/h1-5H,6-10H2. The Bertz CT molecular complexity index is 436. The lowest BCUT2D eigenvalue weighted by atomic mass is 9.96. The minimum atomic E-state index is -3.43. The molecule has 106 valence electrons. The molecule has 0 atom stereocenters. The van der Waals surface area contributed by atoms with Gasteiger partial charge < -0.3 is 0 Å². The molecule has 7 heteroatoms. The van der Waals surface area contributed by atoms with Crippen molar-refractivity contribution in [1.29, 1.82) is 0 Å². The second-order valence-electron chi connectivity index (χ2n) is 4.52. The Labute approximate surface area is 129 Å². The zero-order valence-electron chi connectivity index (χ0n) is 10.3. The van der Waals surface area contributed by atoms with Gasteiger partial charge in [-0.3, -0.25) is 13.6 Å². The van der Waals surface area contributed by atoms with Crippen LogP contribution in [0.4, 0.5) is 0 Å². The van der Waals surface area contributed by atoms with E-state index in [-0.39, 0.29) is 12.0 Å². The molecule has 1 saturated heterocycles. The molecule has 0 aromatic heterocycles. The van der Waals surface area contributed by atoms with Gasteiger partial charge in [-0.25, -0.2) is 4.57 Å². The van der Waals surface area contributed by atoms with E-state index in [1.165, 1.54) is 0 Å². The van der Waals surface area contributed by atoms with Crippen molar-refractivity contribution in [3.8, 4) is 0 Å². The van der Waals surface area contributed by atoms with Crippen LogP contribution in [0.25, 0.3) is 0 Å². The number of hydrogen-bond acceptors (Lipinski definition) is 4. The SMILES string of the molecule is O=P1(OCc2ccccc2)OCC(CBr)(CBr)CO1. The van der Waals surface area contributed by atoms with E-state index in [2.05, 4.69) is 31.9 Å². The lowest BCUT2D eigenvalue weighted by Crippen LogP contribution is -2.38. The maximum absolute atomic E-state index is 12.2. The highest BCUT2D eigenvalue weighted by molar-refractivity contribution is 9.09. The number of benzene rings is 1. The van der Waals surface area contributed by atoms with Crippen LogP contribution in [-0.4, -0.2) is 23.9 Å². The lowest BCUT2D eigenvalue weighted by Gasteiger charge is -2.36. The molecule has 1 heterocycles. The van der Waals surface area contributed by atoms with Gasteiger partial charge in [-0.15, -0.1) is 0 Å². The maximum atomic E-state index is 12.2. The van der Waals surface area contributed by atoms with E-state index >= 15 is 0 Å². The van der Waals surface area contributed by atoms with Crippen LogP contribution in [0.2, 0.25) is 0 Å². The number of hydrogen-bond donors (Lipinski definition) is 0. The van der Waals surface area contributed by atoms with E-state index in [4.69, 9.17) is 13.6 Å². The zero-order chi connectivity index (χ0) is 13.8. The third-order valence-corrected chi connectivity index (χ3v) is 6.57. The van der Waals surface area contributed by atoms with Gasteiger partial charge in [-0.05, 0) is 5.56 Å². The highest BCUT2D eigenvalue weighted by Crippen LogP contribution is 2.55. The van der Waals surface area contributed by atoms with E-state index in [1.807, 2.05) is 30.3 Å². The van der Waals surface area contributed by atoms with Crippen molar-refractivity contribution < 1.29 is 18.1 Å². The number of halogens is 2. The van der Waals surface area contributed by atoms with Crippen molar-refractivity contribution in [3.05, 3.63) is 35.9 Å². The summed E-state index contributed by atoms with van der Waals surface area (Å²) < 4.78 is 28.2. The molecule has 1 aliphatic heterocycles. The van der Waals surface area contributed by atoms with Crippen LogP contribution < -0.4 is 0 Å².